The van der Waals surface area contributed by atoms with Crippen LogP contribution in [0.4, 0.5) is 20.2 Å². The maximum absolute atomic E-state index is 13.7. The fraction of sp³-hybridized carbons (Fsp3) is 0.436. The van der Waals surface area contributed by atoms with Gasteiger partial charge in [0.1, 0.15) is 22.5 Å². The van der Waals surface area contributed by atoms with Crippen molar-refractivity contribution in [3.8, 4) is 34.0 Å². The molecule has 0 saturated heterocycles. The minimum absolute atomic E-state index is 0.0193. The lowest BCUT2D eigenvalue weighted by atomic mass is 10.1. The Hall–Kier alpha value is -5.31. The average Bonchev–Trinajstić information content (AvgIpc) is 3.53. The Labute approximate surface area is 317 Å². The van der Waals surface area contributed by atoms with E-state index in [1.54, 1.807) is 114 Å². The van der Waals surface area contributed by atoms with Gasteiger partial charge >= 0.3 is 18.3 Å². The largest absolute Gasteiger partial charge is 0.444 e. The number of rotatable bonds is 8. The van der Waals surface area contributed by atoms with Gasteiger partial charge in [0, 0.05) is 40.9 Å². The topological polar surface area (TPSA) is 178 Å². The smallest absolute Gasteiger partial charge is 0.425 e. The first-order chi connectivity index (χ1) is 24.8. The maximum Gasteiger partial charge on any atom is 0.425 e. The number of nitrogens with one attached hydrogen (secondary N) is 1. The predicted molar refractivity (Wildman–Crippen MR) is 205 cm³/mol. The highest BCUT2D eigenvalue weighted by Gasteiger charge is 2.37. The molecular formula is C39H50N6O8S. The van der Waals surface area contributed by atoms with Crippen molar-refractivity contribution in [3.63, 3.8) is 0 Å². The molecule has 1 atom stereocenters. The van der Waals surface area contributed by atoms with Gasteiger partial charge in [0.2, 0.25) is 0 Å². The lowest BCUT2D eigenvalue weighted by molar-refractivity contribution is 0.0283. The van der Waals surface area contributed by atoms with Crippen LogP contribution in [0.25, 0.3) is 34.0 Å². The van der Waals surface area contributed by atoms with Crippen LogP contribution in [0, 0.1) is 4.78 Å². The summed E-state index contributed by atoms with van der Waals surface area (Å²) in [5.74, 6) is -0.151. The minimum atomic E-state index is -3.03. The molecule has 2 aromatic carbocycles. The maximum atomic E-state index is 13.7. The zero-order valence-electron chi connectivity index (χ0n) is 33.0. The number of hydrogen-bond acceptors (Lipinski definition) is 12. The Morgan fingerprint density at radius 2 is 1.26 bits per heavy atom. The first-order valence-electron chi connectivity index (χ1n) is 17.4. The number of aromatic nitrogens is 3. The summed E-state index contributed by atoms with van der Waals surface area (Å²) in [7, 11) is -1.37. The predicted octanol–water partition coefficient (Wildman–Crippen LogP) is 9.32. The van der Waals surface area contributed by atoms with Crippen molar-refractivity contribution in [3.05, 3.63) is 66.4 Å². The zero-order chi connectivity index (χ0) is 40.4. The van der Waals surface area contributed by atoms with E-state index in [1.165, 1.54) is 11.1 Å². The van der Waals surface area contributed by atoms with Crippen LogP contribution in [-0.2, 0) is 30.5 Å². The third-order valence-electron chi connectivity index (χ3n) is 7.40. The van der Waals surface area contributed by atoms with E-state index < -0.39 is 50.1 Å². The molecule has 290 valence electrons. The van der Waals surface area contributed by atoms with Gasteiger partial charge in [-0.25, -0.2) is 33.3 Å². The fourth-order valence-corrected chi connectivity index (χ4v) is 5.88. The normalized spacial score (nSPS) is 13.2. The van der Waals surface area contributed by atoms with E-state index in [0.717, 1.165) is 5.56 Å². The molecule has 0 aliphatic rings. The number of amides is 3. The quantitative estimate of drug-likeness (QED) is 0.169. The highest BCUT2D eigenvalue weighted by atomic mass is 32.2. The summed E-state index contributed by atoms with van der Waals surface area (Å²) < 4.78 is 43.8. The molecular weight excluding hydrogens is 713 g/mol. The molecule has 0 spiro atoms. The van der Waals surface area contributed by atoms with E-state index in [-0.39, 0.29) is 17.3 Å². The van der Waals surface area contributed by atoms with Crippen LogP contribution in [0.15, 0.2) is 70.2 Å². The van der Waals surface area contributed by atoms with Crippen LogP contribution in [0.5, 0.6) is 0 Å². The van der Waals surface area contributed by atoms with Crippen molar-refractivity contribution in [2.75, 3.05) is 11.9 Å². The summed E-state index contributed by atoms with van der Waals surface area (Å²) >= 11 is 0. The van der Waals surface area contributed by atoms with Crippen molar-refractivity contribution in [1.29, 1.82) is 4.78 Å². The van der Waals surface area contributed by atoms with Crippen LogP contribution in [0.1, 0.15) is 81.7 Å². The van der Waals surface area contributed by atoms with Gasteiger partial charge in [0.25, 0.3) is 0 Å². The highest BCUT2D eigenvalue weighted by Crippen LogP contribution is 2.35. The van der Waals surface area contributed by atoms with Gasteiger partial charge in [-0.05, 0) is 93.9 Å². The number of nitrogens with zero attached hydrogens (tertiary/aromatic N) is 5. The molecule has 0 aliphatic carbocycles. The molecule has 2 heterocycles. The molecule has 4 aromatic rings. The van der Waals surface area contributed by atoms with Crippen molar-refractivity contribution in [1.82, 2.24) is 20.0 Å². The number of ether oxygens (including phenoxy) is 3. The van der Waals surface area contributed by atoms with Crippen LogP contribution < -0.4 is 4.90 Å². The molecule has 14 nitrogen and oxygen atoms in total. The van der Waals surface area contributed by atoms with Gasteiger partial charge in [-0.2, -0.15) is 4.90 Å². The molecule has 0 fully saturated rings. The number of benzene rings is 2. The van der Waals surface area contributed by atoms with Gasteiger partial charge in [-0.15, -0.1) is 0 Å². The molecule has 4 rings (SSSR count). The summed E-state index contributed by atoms with van der Waals surface area (Å²) in [5, 5.41) is 3.86. The first-order valence-corrected chi connectivity index (χ1v) is 19.0. The molecule has 15 heteroatoms. The number of anilines is 1. The van der Waals surface area contributed by atoms with Crippen molar-refractivity contribution in [2.45, 2.75) is 110 Å². The molecule has 54 heavy (non-hydrogen) atoms. The lowest BCUT2D eigenvalue weighted by Gasteiger charge is -2.28. The van der Waals surface area contributed by atoms with Crippen molar-refractivity contribution in [2.24, 2.45) is 0 Å². The van der Waals surface area contributed by atoms with Crippen LogP contribution in [-0.4, -0.2) is 71.6 Å². The van der Waals surface area contributed by atoms with Gasteiger partial charge < -0.3 is 23.6 Å². The summed E-state index contributed by atoms with van der Waals surface area (Å²) in [6.45, 7) is 19.2. The number of imide groups is 1. The second-order valence-corrected chi connectivity index (χ2v) is 18.6. The molecule has 2 aromatic heterocycles. The molecule has 1 unspecified atom stereocenters. The minimum Gasteiger partial charge on any atom is -0.444 e. The highest BCUT2D eigenvalue weighted by molar-refractivity contribution is 7.93. The average molecular weight is 763 g/mol. The number of carbonyl (C=O) groups excluding carboxylic acids is 3. The molecule has 0 aliphatic heterocycles. The van der Waals surface area contributed by atoms with Crippen molar-refractivity contribution >= 4 is 33.8 Å². The monoisotopic (exact) mass is 762 g/mol. The summed E-state index contributed by atoms with van der Waals surface area (Å²) in [6, 6.07) is 15.5. The third kappa shape index (κ3) is 10.6. The van der Waals surface area contributed by atoms with Gasteiger partial charge in [-0.3, -0.25) is 0 Å². The SMILES string of the molecule is CC(C)S(=N)(=O)c1ccc(-c2cnc(N(C(=O)OC(C)(C)C)C(=O)OC(C)(C)C)c(-c3cc(-c4ccc(CN(C)C(=O)OC(C)(C)C)cc4)no3)n2)cc1. The number of hydrogen-bond donors (Lipinski definition) is 1. The van der Waals surface area contributed by atoms with E-state index >= 15 is 0 Å². The Kier molecular flexibility index (Phi) is 12.0. The van der Waals surface area contributed by atoms with E-state index in [2.05, 4.69) is 10.1 Å². The third-order valence-corrected chi connectivity index (χ3v) is 9.70. The fourth-order valence-electron chi connectivity index (χ4n) is 4.80. The Balaban J connectivity index is 1.80. The molecule has 1 N–H and O–H groups in total. The summed E-state index contributed by atoms with van der Waals surface area (Å²) in [4.78, 5) is 51.6. The van der Waals surface area contributed by atoms with E-state index in [0.29, 0.717) is 38.9 Å². The van der Waals surface area contributed by atoms with E-state index in [9.17, 15) is 18.6 Å². The zero-order valence-corrected chi connectivity index (χ0v) is 33.8. The summed E-state index contributed by atoms with van der Waals surface area (Å²) in [6.07, 6.45) is -1.16. The number of carbonyl (C=O) groups is 3. The standard InChI is InChI=1S/C39H50N6O8S/c1-24(2)54(40,49)28-19-17-27(18-20-28)30-22-41-33(45(35(47)51-38(6,7)8)36(48)52-39(9,10)11)32(42-30)31-21-29(43-53-31)26-15-13-25(14-16-26)23-44(12)34(46)50-37(3,4)5/h13-22,24,40H,23H2,1-12H3. The molecule has 0 saturated carbocycles. The van der Waals surface area contributed by atoms with Gasteiger partial charge in [-0.1, -0.05) is 41.6 Å². The first kappa shape index (κ1) is 41.4. The second kappa shape index (κ2) is 15.6. The van der Waals surface area contributed by atoms with E-state index in [4.69, 9.17) is 28.5 Å². The molecule has 0 radical (unpaired) electrons. The van der Waals surface area contributed by atoms with Crippen molar-refractivity contribution < 1.29 is 37.3 Å². The van der Waals surface area contributed by atoms with Crippen LogP contribution in [0.2, 0.25) is 0 Å². The molecule has 0 bridgehead atoms. The Morgan fingerprint density at radius 3 is 1.76 bits per heavy atom. The van der Waals surface area contributed by atoms with Crippen LogP contribution in [0.3, 0.4) is 0 Å². The second-order valence-electron chi connectivity index (χ2n) is 16.0. The van der Waals surface area contributed by atoms with Gasteiger partial charge in [0.05, 0.1) is 21.6 Å². The summed E-state index contributed by atoms with van der Waals surface area (Å²) in [5.41, 5.74) is 0.231. The lowest BCUT2D eigenvalue weighted by Crippen LogP contribution is -2.44. The van der Waals surface area contributed by atoms with Crippen LogP contribution >= 0.6 is 0 Å². The Bertz CT molecular complexity index is 2060. The van der Waals surface area contributed by atoms with E-state index in [1.807, 2.05) is 24.3 Å². The molecule has 3 amide bonds. The van der Waals surface area contributed by atoms with Gasteiger partial charge in [0.15, 0.2) is 17.3 Å². The Morgan fingerprint density at radius 1 is 0.778 bits per heavy atom.